The molecule has 0 radical (unpaired) electrons. The third-order valence-electron chi connectivity index (χ3n) is 16.4. The number of aliphatic carboxylic acids is 1. The van der Waals surface area contributed by atoms with E-state index >= 15 is 0 Å². The number of nitrogens with zero attached hydrogens (tertiary/aromatic N) is 2. The third-order valence-corrected chi connectivity index (χ3v) is 18.1. The summed E-state index contributed by atoms with van der Waals surface area (Å²) in [6.07, 6.45) is 8.12. The minimum absolute atomic E-state index is 0.00928. The molecule has 4 aliphatic rings. The van der Waals surface area contributed by atoms with Crippen LogP contribution in [-0.4, -0.2) is 142 Å². The molecule has 5 N–H and O–H groups in total. The molecular weight excluding hydrogens is 1060 g/mol. The molecule has 4 unspecified atom stereocenters. The predicted molar refractivity (Wildman–Crippen MR) is 300 cm³/mol. The first kappa shape index (κ1) is 64.5. The van der Waals surface area contributed by atoms with Crippen molar-refractivity contribution in [1.82, 2.24) is 20.9 Å². The second-order valence-corrected chi connectivity index (χ2v) is 24.2. The van der Waals surface area contributed by atoms with E-state index in [4.69, 9.17) is 25.8 Å². The Hall–Kier alpha value is -5.31. The Balaban J connectivity index is 1.14. The average Bonchev–Trinajstić information content (AvgIpc) is 4.22. The van der Waals surface area contributed by atoms with Gasteiger partial charge in [-0.05, 0) is 103 Å². The number of nitrogens with one attached hydrogen (secondary N) is 3. The van der Waals surface area contributed by atoms with Crippen molar-refractivity contribution in [2.24, 2.45) is 23.7 Å². The van der Waals surface area contributed by atoms with Gasteiger partial charge in [-0.3, -0.25) is 38.9 Å². The lowest BCUT2D eigenvalue weighted by atomic mass is 9.79. The summed E-state index contributed by atoms with van der Waals surface area (Å²) >= 11 is 7.77. The van der Waals surface area contributed by atoms with E-state index in [9.17, 15) is 53.4 Å². The number of benzene rings is 1. The SMILES string of the molecule is CCC(=O)NC(CCCCCC(=O)C1CCC(CNC(=O)CC(SCCC(=O)N(C)[C@@H](C)C(=O)O[C@H]2CC(=O)N(C)c3cc(cc(C)c3Cl)C/C(C)=C/C=C/C(C)[C@@]3(O)CC(OC(=O)N3)[C@@H](C)[C@@H]3O[C@@]23C)C(=O)O)CC1)C(C)=O. The van der Waals surface area contributed by atoms with E-state index in [-0.39, 0.29) is 60.7 Å². The molecule has 1 aromatic rings. The predicted octanol–water partition coefficient (Wildman–Crippen LogP) is 7.33. The van der Waals surface area contributed by atoms with Crippen LogP contribution in [0.5, 0.6) is 0 Å². The summed E-state index contributed by atoms with van der Waals surface area (Å²) in [6.45, 7) is 14.1. The van der Waals surface area contributed by atoms with E-state index in [0.29, 0.717) is 62.2 Å². The van der Waals surface area contributed by atoms with Crippen LogP contribution in [-0.2, 0) is 59.0 Å². The van der Waals surface area contributed by atoms with E-state index in [1.54, 1.807) is 34.7 Å². The molecule has 5 amide bonds. The number of ether oxygens (including phenoxy) is 3. The lowest BCUT2D eigenvalue weighted by molar-refractivity contribution is -0.162. The molecule has 3 aliphatic heterocycles. The molecule has 0 spiro atoms. The molecule has 5 rings (SSSR count). The number of hydrogen-bond acceptors (Lipinski definition) is 14. The number of aliphatic hydroxyl groups is 1. The molecular formula is C58H84ClN5O14S. The molecule has 4 bridgehead atoms. The topological polar surface area (TPSA) is 268 Å². The van der Waals surface area contributed by atoms with Crippen LogP contribution in [0.1, 0.15) is 149 Å². The van der Waals surface area contributed by atoms with Gasteiger partial charge in [0.25, 0.3) is 0 Å². The first-order valence-electron chi connectivity index (χ1n) is 27.9. The summed E-state index contributed by atoms with van der Waals surface area (Å²) in [6, 6.07) is 2.11. The summed E-state index contributed by atoms with van der Waals surface area (Å²) < 4.78 is 18.2. The Labute approximate surface area is 474 Å². The number of halogens is 1. The number of rotatable bonds is 22. The quantitative estimate of drug-likeness (QED) is 0.0432. The summed E-state index contributed by atoms with van der Waals surface area (Å²) in [5, 5.41) is 29.2. The Bertz CT molecular complexity index is 2480. The fourth-order valence-electron chi connectivity index (χ4n) is 10.7. The number of thioether (sulfide) groups is 1. The number of carbonyl (C=O) groups is 9. The highest BCUT2D eigenvalue weighted by Gasteiger charge is 2.64. The normalized spacial score (nSPS) is 28.4. The molecule has 0 aromatic heterocycles. The number of likely N-dealkylation sites (N-methyl/N-ethyl adjacent to an activating group) is 1. The highest BCUT2D eigenvalue weighted by molar-refractivity contribution is 8.00. The van der Waals surface area contributed by atoms with E-state index in [1.807, 2.05) is 44.2 Å². The summed E-state index contributed by atoms with van der Waals surface area (Å²) in [7, 11) is 3.00. The van der Waals surface area contributed by atoms with Gasteiger partial charge >= 0.3 is 18.0 Å². The molecule has 21 heteroatoms. The van der Waals surface area contributed by atoms with Gasteiger partial charge in [0.2, 0.25) is 23.6 Å². The van der Waals surface area contributed by atoms with Crippen LogP contribution < -0.4 is 20.9 Å². The number of allylic oxidation sites excluding steroid dienone is 3. The van der Waals surface area contributed by atoms with Gasteiger partial charge < -0.3 is 44.9 Å². The highest BCUT2D eigenvalue weighted by atomic mass is 35.5. The molecule has 1 aliphatic carbocycles. The maximum atomic E-state index is 14.3. The van der Waals surface area contributed by atoms with Gasteiger partial charge in [0, 0.05) is 76.3 Å². The molecule has 10 atom stereocenters. The number of aryl methyl sites for hydroxylation is 1. The minimum Gasteiger partial charge on any atom is -0.480 e. The number of Topliss-reactive ketones (excluding diaryl/α,β-unsaturated/α-hetero) is 2. The largest absolute Gasteiger partial charge is 0.480 e. The van der Waals surface area contributed by atoms with Crippen LogP contribution in [0.15, 0.2) is 35.9 Å². The zero-order valence-corrected chi connectivity index (χ0v) is 49.2. The molecule has 3 fully saturated rings. The standard InChI is InChI=1S/C58H84ClN5O14S/c1-11-48(67)61-42(38(7)65)18-13-12-14-19-44(66)41-22-20-39(21-23-41)32-60-49(68)29-46(54(71)72)79-25-24-50(69)63(9)37(6)55(73)77-47-30-51(70)64(10)43-28-40(27-34(3)52(43)59)26-33(2)16-15-17-35(4)58(75)31-45(76-56(74)62-58)36(5)53-57(47,8)78-53/h15-17,27-28,35-37,39,41-42,45-47,53,75H,11-14,18-26,29-32H2,1-10H3,(H,60,68)(H,61,67)(H,62,74)(H,71,72)/b17-15+,33-16+/t35?,36-,37+,39?,41?,42?,45?,46?,47+,53+,57+,58+/m1/s1. The average molecular weight is 1140 g/mol. The van der Waals surface area contributed by atoms with Crippen LogP contribution in [0.2, 0.25) is 5.02 Å². The lowest BCUT2D eigenvalue weighted by Crippen LogP contribution is -2.60. The molecule has 438 valence electrons. The van der Waals surface area contributed by atoms with Crippen molar-refractivity contribution < 1.29 is 67.6 Å². The number of alkyl carbamates (subject to hydrolysis) is 1. The van der Waals surface area contributed by atoms with Crippen molar-refractivity contribution in [3.63, 3.8) is 0 Å². The van der Waals surface area contributed by atoms with Crippen molar-refractivity contribution in [1.29, 1.82) is 0 Å². The number of epoxide rings is 1. The third kappa shape index (κ3) is 17.8. The minimum atomic E-state index is -1.67. The molecule has 19 nitrogen and oxygen atoms in total. The Morgan fingerprint density at radius 3 is 2.38 bits per heavy atom. The maximum absolute atomic E-state index is 14.3. The van der Waals surface area contributed by atoms with E-state index in [0.717, 1.165) is 54.1 Å². The fourth-order valence-corrected chi connectivity index (χ4v) is 12.0. The lowest BCUT2D eigenvalue weighted by Gasteiger charge is -2.41. The zero-order valence-electron chi connectivity index (χ0n) is 47.7. The smallest absolute Gasteiger partial charge is 0.409 e. The first-order chi connectivity index (χ1) is 37.2. The number of esters is 1. The number of hydrogen-bond donors (Lipinski definition) is 5. The monoisotopic (exact) mass is 1140 g/mol. The van der Waals surface area contributed by atoms with E-state index < -0.39 is 94.6 Å². The fraction of sp³-hybridized carbons (Fsp3) is 0.672. The molecule has 2 saturated heterocycles. The molecule has 1 saturated carbocycles. The molecule has 79 heavy (non-hydrogen) atoms. The summed E-state index contributed by atoms with van der Waals surface area (Å²) in [4.78, 5) is 119. The second kappa shape index (κ2) is 28.9. The molecule has 1 aromatic carbocycles. The van der Waals surface area contributed by atoms with Crippen LogP contribution in [0.25, 0.3) is 0 Å². The number of fused-ring (bicyclic) bond motifs is 5. The van der Waals surface area contributed by atoms with Crippen LogP contribution >= 0.6 is 23.4 Å². The van der Waals surface area contributed by atoms with Gasteiger partial charge in [0.1, 0.15) is 40.6 Å². The Kier molecular flexibility index (Phi) is 23.6. The van der Waals surface area contributed by atoms with Gasteiger partial charge in [-0.2, -0.15) is 0 Å². The molecule has 3 heterocycles. The van der Waals surface area contributed by atoms with E-state index in [1.165, 1.54) is 30.7 Å². The number of carboxylic acids is 1. The Morgan fingerprint density at radius 2 is 1.72 bits per heavy atom. The summed E-state index contributed by atoms with van der Waals surface area (Å²) in [5.74, 6) is -4.42. The van der Waals surface area contributed by atoms with Crippen molar-refractivity contribution in [3.8, 4) is 0 Å². The van der Waals surface area contributed by atoms with Crippen molar-refractivity contribution >= 4 is 82.3 Å². The maximum Gasteiger partial charge on any atom is 0.409 e. The first-order valence-corrected chi connectivity index (χ1v) is 29.3. The zero-order chi connectivity index (χ0) is 58.5. The summed E-state index contributed by atoms with van der Waals surface area (Å²) in [5.41, 5.74) is 0.119. The highest BCUT2D eigenvalue weighted by Crippen LogP contribution is 2.49. The van der Waals surface area contributed by atoms with E-state index in [2.05, 4.69) is 16.0 Å². The number of amides is 5. The van der Waals surface area contributed by atoms with Gasteiger partial charge in [-0.1, -0.05) is 75.1 Å². The number of ketones is 2. The van der Waals surface area contributed by atoms with Gasteiger partial charge in [0.05, 0.1) is 29.3 Å². The van der Waals surface area contributed by atoms with Crippen molar-refractivity contribution in [3.05, 3.63) is 52.1 Å². The number of unbranched alkanes of at least 4 members (excludes halogenated alkanes) is 2. The Morgan fingerprint density at radius 1 is 1.03 bits per heavy atom. The van der Waals surface area contributed by atoms with Crippen LogP contribution in [0.3, 0.4) is 0 Å². The van der Waals surface area contributed by atoms with Crippen molar-refractivity contribution in [2.75, 3.05) is 31.3 Å². The van der Waals surface area contributed by atoms with Gasteiger partial charge in [0.15, 0.2) is 5.78 Å². The number of carbonyl (C=O) groups excluding carboxylic acids is 8. The second-order valence-electron chi connectivity index (χ2n) is 22.5. The van der Waals surface area contributed by atoms with Crippen LogP contribution in [0, 0.1) is 30.6 Å². The van der Waals surface area contributed by atoms with Crippen LogP contribution in [0.4, 0.5) is 10.5 Å². The van der Waals surface area contributed by atoms with Gasteiger partial charge in [-0.25, -0.2) is 9.59 Å². The van der Waals surface area contributed by atoms with Crippen molar-refractivity contribution in [2.45, 2.75) is 199 Å². The number of carboxylic acid groups (broad SMARTS) is 1. The number of anilines is 1. The van der Waals surface area contributed by atoms with Gasteiger partial charge in [-0.15, -0.1) is 11.8 Å².